The molecule has 0 aromatic heterocycles. The van der Waals surface area contributed by atoms with E-state index in [2.05, 4.69) is 19.2 Å². The van der Waals surface area contributed by atoms with Crippen molar-refractivity contribution in [3.8, 4) is 0 Å². The molecular weight excluding hydrogens is 244 g/mol. The van der Waals surface area contributed by atoms with Gasteiger partial charge in [-0.15, -0.1) is 0 Å². The first-order valence-corrected chi connectivity index (χ1v) is 8.43. The lowest BCUT2D eigenvalue weighted by atomic mass is 10.1. The molecule has 0 aromatic carbocycles. The van der Waals surface area contributed by atoms with Gasteiger partial charge in [0.2, 0.25) is 5.91 Å². The number of carbonyl (C=O) groups excluding carboxylic acids is 1. The Morgan fingerprint density at radius 2 is 1.94 bits per heavy atom. The number of nitrogens with one attached hydrogen (secondary N) is 1. The van der Waals surface area contributed by atoms with Crippen LogP contribution in [0, 0.1) is 0 Å². The highest BCUT2D eigenvalue weighted by Gasteiger charge is 2.22. The monoisotopic (exact) mass is 272 g/mol. The molecule has 0 aliphatic carbocycles. The zero-order chi connectivity index (χ0) is 13.4. The van der Waals surface area contributed by atoms with E-state index >= 15 is 0 Å². The summed E-state index contributed by atoms with van der Waals surface area (Å²) in [5, 5.41) is 3.43. The maximum absolute atomic E-state index is 12.2. The average molecular weight is 272 g/mol. The lowest BCUT2D eigenvalue weighted by Crippen LogP contribution is -2.49. The van der Waals surface area contributed by atoms with Gasteiger partial charge in [-0.1, -0.05) is 6.92 Å². The Morgan fingerprint density at radius 3 is 2.56 bits per heavy atom. The summed E-state index contributed by atoms with van der Waals surface area (Å²) in [5.74, 6) is 2.63. The summed E-state index contributed by atoms with van der Waals surface area (Å²) in [6, 6.07) is 0.387. The minimum Gasteiger partial charge on any atom is -0.341 e. The second-order valence-electron chi connectivity index (χ2n) is 5.16. The van der Waals surface area contributed by atoms with Crippen molar-refractivity contribution in [3.63, 3.8) is 0 Å². The van der Waals surface area contributed by atoms with Gasteiger partial charge in [-0.05, 0) is 51.0 Å². The number of amides is 1. The van der Waals surface area contributed by atoms with E-state index in [1.807, 2.05) is 23.6 Å². The largest absolute Gasteiger partial charge is 0.341 e. The molecule has 2 atom stereocenters. The van der Waals surface area contributed by atoms with Gasteiger partial charge in [0.1, 0.15) is 0 Å². The van der Waals surface area contributed by atoms with E-state index in [1.54, 1.807) is 0 Å². The van der Waals surface area contributed by atoms with Crippen LogP contribution in [0.3, 0.4) is 0 Å². The number of hydrogen-bond donors (Lipinski definition) is 1. The zero-order valence-electron chi connectivity index (χ0n) is 12.1. The highest BCUT2D eigenvalue weighted by atomic mass is 32.2. The summed E-state index contributed by atoms with van der Waals surface area (Å²) in [7, 11) is 0. The van der Waals surface area contributed by atoms with Crippen molar-refractivity contribution in [2.24, 2.45) is 0 Å². The van der Waals surface area contributed by atoms with Crippen molar-refractivity contribution in [2.45, 2.75) is 58.5 Å². The zero-order valence-corrected chi connectivity index (χ0v) is 12.9. The summed E-state index contributed by atoms with van der Waals surface area (Å²) in [6.45, 7) is 8.26. The van der Waals surface area contributed by atoms with Crippen molar-refractivity contribution < 1.29 is 4.79 Å². The molecule has 0 aromatic rings. The van der Waals surface area contributed by atoms with Gasteiger partial charge in [0.05, 0.1) is 6.04 Å². The topological polar surface area (TPSA) is 32.3 Å². The molecule has 3 nitrogen and oxygen atoms in total. The Morgan fingerprint density at radius 1 is 1.28 bits per heavy atom. The predicted molar refractivity (Wildman–Crippen MR) is 80.1 cm³/mol. The van der Waals surface area contributed by atoms with E-state index < -0.39 is 0 Å². The van der Waals surface area contributed by atoms with Crippen molar-refractivity contribution in [2.75, 3.05) is 24.6 Å². The highest BCUT2D eigenvalue weighted by Crippen LogP contribution is 2.11. The average Bonchev–Trinajstić information content (AvgIpc) is 2.39. The van der Waals surface area contributed by atoms with Crippen LogP contribution in [0.4, 0.5) is 0 Å². The summed E-state index contributed by atoms with van der Waals surface area (Å²) >= 11 is 1.96. The van der Waals surface area contributed by atoms with E-state index in [4.69, 9.17) is 0 Å². The number of piperidine rings is 1. The molecule has 0 saturated carbocycles. The third kappa shape index (κ3) is 5.61. The Balaban J connectivity index is 2.25. The fourth-order valence-electron chi connectivity index (χ4n) is 2.37. The summed E-state index contributed by atoms with van der Waals surface area (Å²) in [5.41, 5.74) is 0. The quantitative estimate of drug-likeness (QED) is 0.723. The number of nitrogens with zero attached hydrogens (tertiary/aromatic N) is 1. The molecule has 1 aliphatic rings. The second-order valence-corrected chi connectivity index (χ2v) is 6.55. The molecule has 1 rings (SSSR count). The van der Waals surface area contributed by atoms with Gasteiger partial charge < -0.3 is 10.2 Å². The van der Waals surface area contributed by atoms with Gasteiger partial charge in [0.25, 0.3) is 0 Å². The van der Waals surface area contributed by atoms with Crippen LogP contribution in [0.1, 0.15) is 46.5 Å². The van der Waals surface area contributed by atoms with Crippen LogP contribution in [0.25, 0.3) is 0 Å². The van der Waals surface area contributed by atoms with Crippen LogP contribution in [0.2, 0.25) is 0 Å². The Kier molecular flexibility index (Phi) is 7.75. The molecule has 106 valence electrons. The lowest BCUT2D eigenvalue weighted by Gasteiger charge is -2.30. The van der Waals surface area contributed by atoms with Crippen LogP contribution in [0.5, 0.6) is 0 Å². The van der Waals surface area contributed by atoms with E-state index in [-0.39, 0.29) is 11.9 Å². The Bertz CT molecular complexity index is 242. The molecule has 1 heterocycles. The van der Waals surface area contributed by atoms with Crippen molar-refractivity contribution in [3.05, 3.63) is 0 Å². The normalized spacial score (nSPS) is 19.6. The van der Waals surface area contributed by atoms with Crippen molar-refractivity contribution in [1.82, 2.24) is 10.2 Å². The number of likely N-dealkylation sites (tertiary alicyclic amines) is 1. The molecule has 1 amide bonds. The standard InChI is InChI=1S/C14H28N2OS/c1-4-18-11-8-12(2)15-13(3)14(17)16-9-6-5-7-10-16/h12-13,15H,4-11H2,1-3H3. The van der Waals surface area contributed by atoms with E-state index in [1.165, 1.54) is 30.8 Å². The van der Waals surface area contributed by atoms with E-state index in [0.717, 1.165) is 19.5 Å². The maximum Gasteiger partial charge on any atom is 0.239 e. The van der Waals surface area contributed by atoms with Crippen LogP contribution >= 0.6 is 11.8 Å². The van der Waals surface area contributed by atoms with Crippen LogP contribution < -0.4 is 5.32 Å². The summed E-state index contributed by atoms with van der Waals surface area (Å²) < 4.78 is 0. The molecule has 4 heteroatoms. The lowest BCUT2D eigenvalue weighted by molar-refractivity contribution is -0.134. The Labute approximate surface area is 116 Å². The van der Waals surface area contributed by atoms with Gasteiger partial charge in [-0.25, -0.2) is 0 Å². The van der Waals surface area contributed by atoms with Crippen LogP contribution in [0.15, 0.2) is 0 Å². The fourth-order valence-corrected chi connectivity index (χ4v) is 3.18. The summed E-state index contributed by atoms with van der Waals surface area (Å²) in [4.78, 5) is 14.2. The molecule has 0 bridgehead atoms. The van der Waals surface area contributed by atoms with Gasteiger partial charge in [0.15, 0.2) is 0 Å². The molecule has 1 saturated heterocycles. The van der Waals surface area contributed by atoms with Crippen LogP contribution in [-0.2, 0) is 4.79 Å². The van der Waals surface area contributed by atoms with Gasteiger partial charge in [-0.3, -0.25) is 4.79 Å². The van der Waals surface area contributed by atoms with Crippen molar-refractivity contribution >= 4 is 17.7 Å². The molecule has 0 radical (unpaired) electrons. The minimum absolute atomic E-state index is 0.0373. The first kappa shape index (κ1) is 15.8. The molecule has 0 spiro atoms. The first-order chi connectivity index (χ1) is 8.65. The summed E-state index contributed by atoms with van der Waals surface area (Å²) in [6.07, 6.45) is 4.74. The van der Waals surface area contributed by atoms with Crippen LogP contribution in [-0.4, -0.2) is 47.5 Å². The van der Waals surface area contributed by atoms with E-state index in [9.17, 15) is 4.79 Å². The Hall–Kier alpha value is -0.220. The fraction of sp³-hybridized carbons (Fsp3) is 0.929. The number of thioether (sulfide) groups is 1. The third-order valence-electron chi connectivity index (χ3n) is 3.47. The number of hydrogen-bond acceptors (Lipinski definition) is 3. The molecular formula is C14H28N2OS. The van der Waals surface area contributed by atoms with Gasteiger partial charge in [-0.2, -0.15) is 11.8 Å². The molecule has 1 N–H and O–H groups in total. The van der Waals surface area contributed by atoms with Gasteiger partial charge >= 0.3 is 0 Å². The predicted octanol–water partition coefficient (Wildman–Crippen LogP) is 2.51. The number of rotatable bonds is 7. The maximum atomic E-state index is 12.2. The molecule has 1 aliphatic heterocycles. The SMILES string of the molecule is CCSCCC(C)NC(C)C(=O)N1CCCCC1. The first-order valence-electron chi connectivity index (χ1n) is 7.27. The smallest absolute Gasteiger partial charge is 0.239 e. The number of carbonyl (C=O) groups is 1. The van der Waals surface area contributed by atoms with Gasteiger partial charge in [0, 0.05) is 19.1 Å². The molecule has 1 fully saturated rings. The van der Waals surface area contributed by atoms with Crippen molar-refractivity contribution in [1.29, 1.82) is 0 Å². The molecule has 18 heavy (non-hydrogen) atoms. The second kappa shape index (κ2) is 8.81. The highest BCUT2D eigenvalue weighted by molar-refractivity contribution is 7.99. The minimum atomic E-state index is -0.0373. The third-order valence-corrected chi connectivity index (χ3v) is 4.40. The molecule has 2 unspecified atom stereocenters. The van der Waals surface area contributed by atoms with E-state index in [0.29, 0.717) is 6.04 Å².